The van der Waals surface area contributed by atoms with Gasteiger partial charge in [0.2, 0.25) is 0 Å². The number of rotatable bonds is 7. The van der Waals surface area contributed by atoms with Crippen LogP contribution in [0, 0.1) is 0 Å². The van der Waals surface area contributed by atoms with Crippen molar-refractivity contribution in [2.75, 3.05) is 9.80 Å². The number of benzene rings is 11. The van der Waals surface area contributed by atoms with E-state index in [2.05, 4.69) is 242 Å². The Morgan fingerprint density at radius 2 is 0.905 bits per heavy atom. The van der Waals surface area contributed by atoms with E-state index in [4.69, 9.17) is 4.74 Å². The van der Waals surface area contributed by atoms with Crippen LogP contribution in [0.5, 0.6) is 11.5 Å². The molecule has 4 heteroatoms. The maximum absolute atomic E-state index is 6.97. The Morgan fingerprint density at radius 1 is 0.333 bits per heavy atom. The average Bonchev–Trinajstić information content (AvgIpc) is 3.32. The van der Waals surface area contributed by atoms with E-state index in [1.165, 1.54) is 59.2 Å². The maximum atomic E-state index is 6.97. The summed E-state index contributed by atoms with van der Waals surface area (Å²) < 4.78 is 6.97. The zero-order chi connectivity index (χ0) is 42.2. The quantitative estimate of drug-likeness (QED) is 0.118. The highest BCUT2D eigenvalue weighted by atomic mass is 28.3. The van der Waals surface area contributed by atoms with Crippen LogP contribution < -0.4 is 19.7 Å². The SMILES string of the molecule is C[Si](C)(C)c1ccc(N(c2ccccc2)c2ccc3c(c2)Oc2cccc4c2c-3cc2c3ccccc3c(N(c3ccccc3)c3ccc5c(ccc6ccccc65)c3)cc42)cc1. The molecule has 0 bridgehead atoms. The molecule has 63 heavy (non-hydrogen) atoms. The molecular weight excluding hydrogens is 781 g/mol. The molecule has 0 aromatic heterocycles. The lowest BCUT2D eigenvalue weighted by molar-refractivity contribution is 0.487. The molecule has 0 saturated heterocycles. The lowest BCUT2D eigenvalue weighted by Crippen LogP contribution is -2.37. The number of ether oxygens (including phenoxy) is 1. The zero-order valence-electron chi connectivity index (χ0n) is 35.5. The van der Waals surface area contributed by atoms with E-state index in [0.29, 0.717) is 0 Å². The predicted octanol–water partition coefficient (Wildman–Crippen LogP) is 16.7. The van der Waals surface area contributed by atoms with Crippen LogP contribution in [0.25, 0.3) is 65.0 Å². The van der Waals surface area contributed by atoms with Crippen LogP contribution in [0.4, 0.5) is 34.1 Å². The summed E-state index contributed by atoms with van der Waals surface area (Å²) in [4.78, 5) is 4.76. The zero-order valence-corrected chi connectivity index (χ0v) is 36.5. The number of anilines is 6. The summed E-state index contributed by atoms with van der Waals surface area (Å²) in [5.41, 5.74) is 8.90. The van der Waals surface area contributed by atoms with Gasteiger partial charge in [-0.25, -0.2) is 0 Å². The van der Waals surface area contributed by atoms with E-state index >= 15 is 0 Å². The van der Waals surface area contributed by atoms with Gasteiger partial charge >= 0.3 is 0 Å². The van der Waals surface area contributed by atoms with Gasteiger partial charge in [0.1, 0.15) is 11.5 Å². The van der Waals surface area contributed by atoms with Gasteiger partial charge < -0.3 is 14.5 Å². The van der Waals surface area contributed by atoms with Gasteiger partial charge in [-0.15, -0.1) is 0 Å². The first kappa shape index (κ1) is 37.1. The summed E-state index contributed by atoms with van der Waals surface area (Å²) >= 11 is 0. The van der Waals surface area contributed by atoms with Crippen molar-refractivity contribution in [3.63, 3.8) is 0 Å². The topological polar surface area (TPSA) is 15.7 Å². The normalized spacial score (nSPS) is 12.2. The fourth-order valence-corrected chi connectivity index (χ4v) is 11.0. The number of nitrogens with zero attached hydrogens (tertiary/aromatic N) is 2. The van der Waals surface area contributed by atoms with Crippen LogP contribution >= 0.6 is 0 Å². The minimum atomic E-state index is -1.46. The van der Waals surface area contributed by atoms with E-state index in [0.717, 1.165) is 56.6 Å². The third kappa shape index (κ3) is 6.17. The molecule has 3 nitrogen and oxygen atoms in total. The van der Waals surface area contributed by atoms with Crippen molar-refractivity contribution < 1.29 is 4.74 Å². The van der Waals surface area contributed by atoms with Crippen molar-refractivity contribution in [2.24, 2.45) is 0 Å². The van der Waals surface area contributed by atoms with Gasteiger partial charge in [0, 0.05) is 50.8 Å². The third-order valence-corrected chi connectivity index (χ3v) is 15.0. The maximum Gasteiger partial charge on any atom is 0.137 e. The van der Waals surface area contributed by atoms with Crippen LogP contribution in [-0.2, 0) is 0 Å². The van der Waals surface area contributed by atoms with Gasteiger partial charge in [0.25, 0.3) is 0 Å². The monoisotopic (exact) mass is 824 g/mol. The fourth-order valence-electron chi connectivity index (χ4n) is 9.84. The summed E-state index contributed by atoms with van der Waals surface area (Å²) in [6, 6.07) is 77.6. The molecule has 0 radical (unpaired) electrons. The summed E-state index contributed by atoms with van der Waals surface area (Å²) in [6.07, 6.45) is 0. The second-order valence-electron chi connectivity index (χ2n) is 17.8. The fraction of sp³-hybridized carbons (Fsp3) is 0.0508. The molecule has 0 unspecified atom stereocenters. The number of hydrogen-bond acceptors (Lipinski definition) is 3. The lowest BCUT2D eigenvalue weighted by Gasteiger charge is -2.30. The molecule has 0 N–H and O–H groups in total. The van der Waals surface area contributed by atoms with Crippen molar-refractivity contribution in [3.05, 3.63) is 212 Å². The van der Waals surface area contributed by atoms with Crippen molar-refractivity contribution in [3.8, 4) is 22.6 Å². The minimum absolute atomic E-state index is 0.853. The molecule has 0 saturated carbocycles. The number of fused-ring (bicyclic) bond motifs is 9. The molecular formula is C59H44N2OSi. The standard InChI is InChI=1S/C59H44N2OSi/c1-63(2,3)46-31-27-43(28-32-46)60(41-16-6-4-7-17-41)45-30-34-51-55-37-53-49-21-12-13-22-50(49)56(38-54(53)52-23-14-24-57(59(52)55)62-58(51)36-45)61(42-18-8-5-9-19-42)44-29-33-48-40(35-44)26-25-39-15-10-11-20-47(39)48/h4-38H,1-3H3. The van der Waals surface area contributed by atoms with Crippen molar-refractivity contribution in [2.45, 2.75) is 19.6 Å². The van der Waals surface area contributed by atoms with Gasteiger partial charge in [-0.2, -0.15) is 0 Å². The summed E-state index contributed by atoms with van der Waals surface area (Å²) in [5, 5.41) is 13.6. The first-order valence-corrected chi connectivity index (χ1v) is 25.3. The van der Waals surface area contributed by atoms with Crippen LogP contribution in [0.15, 0.2) is 212 Å². The highest BCUT2D eigenvalue weighted by Gasteiger charge is 2.26. The van der Waals surface area contributed by atoms with Gasteiger partial charge in [-0.1, -0.05) is 152 Å². The van der Waals surface area contributed by atoms with E-state index in [9.17, 15) is 0 Å². The largest absolute Gasteiger partial charge is 0.456 e. The second kappa shape index (κ2) is 14.5. The van der Waals surface area contributed by atoms with Crippen LogP contribution in [0.2, 0.25) is 19.6 Å². The van der Waals surface area contributed by atoms with Crippen molar-refractivity contribution in [1.82, 2.24) is 0 Å². The Hall–Kier alpha value is -7.66. The third-order valence-electron chi connectivity index (χ3n) is 12.9. The molecule has 0 atom stereocenters. The molecule has 300 valence electrons. The van der Waals surface area contributed by atoms with Crippen molar-refractivity contribution >= 4 is 101 Å². The predicted molar refractivity (Wildman–Crippen MR) is 272 cm³/mol. The van der Waals surface area contributed by atoms with E-state index < -0.39 is 8.07 Å². The Kier molecular flexibility index (Phi) is 8.53. The molecule has 1 aliphatic heterocycles. The van der Waals surface area contributed by atoms with Crippen LogP contribution in [-0.4, -0.2) is 8.07 Å². The summed E-state index contributed by atoms with van der Waals surface area (Å²) in [7, 11) is -1.46. The molecule has 1 heterocycles. The summed E-state index contributed by atoms with van der Waals surface area (Å²) in [5.74, 6) is 1.72. The van der Waals surface area contributed by atoms with E-state index in [1.807, 2.05) is 0 Å². The Labute approximate surface area is 368 Å². The highest BCUT2D eigenvalue weighted by molar-refractivity contribution is 6.88. The van der Waals surface area contributed by atoms with Crippen molar-refractivity contribution in [1.29, 1.82) is 0 Å². The number of hydrogen-bond donors (Lipinski definition) is 0. The number of para-hydroxylation sites is 2. The Bertz CT molecular complexity index is 3580. The molecule has 0 aliphatic carbocycles. The van der Waals surface area contributed by atoms with Gasteiger partial charge in [0.05, 0.1) is 13.8 Å². The van der Waals surface area contributed by atoms with Gasteiger partial charge in [-0.05, 0) is 128 Å². The molecule has 0 spiro atoms. The molecule has 11 aromatic carbocycles. The highest BCUT2D eigenvalue weighted by Crippen LogP contribution is 2.53. The Balaban J connectivity index is 1.04. The van der Waals surface area contributed by atoms with Gasteiger partial charge in [0.15, 0.2) is 0 Å². The van der Waals surface area contributed by atoms with Gasteiger partial charge in [-0.3, -0.25) is 0 Å². The van der Waals surface area contributed by atoms with Crippen LogP contribution in [0.1, 0.15) is 0 Å². The van der Waals surface area contributed by atoms with E-state index in [-0.39, 0.29) is 0 Å². The van der Waals surface area contributed by atoms with Crippen LogP contribution in [0.3, 0.4) is 0 Å². The molecule has 0 fully saturated rings. The average molecular weight is 825 g/mol. The molecule has 11 aromatic rings. The molecule has 1 aliphatic rings. The molecule has 12 rings (SSSR count). The first-order valence-electron chi connectivity index (χ1n) is 21.8. The first-order chi connectivity index (χ1) is 30.9. The summed E-state index contributed by atoms with van der Waals surface area (Å²) in [6.45, 7) is 7.19. The minimum Gasteiger partial charge on any atom is -0.456 e. The smallest absolute Gasteiger partial charge is 0.137 e. The molecule has 0 amide bonds. The Morgan fingerprint density at radius 3 is 1.67 bits per heavy atom. The van der Waals surface area contributed by atoms with E-state index in [1.54, 1.807) is 0 Å². The second-order valence-corrected chi connectivity index (χ2v) is 22.8. The lowest BCUT2D eigenvalue weighted by atomic mass is 9.88.